The molecule has 0 saturated carbocycles. The molecule has 2 rings (SSSR count). The smallest absolute Gasteiger partial charge is 0.221 e. The Balaban J connectivity index is 0.00000200. The number of halogens is 2. The zero-order chi connectivity index (χ0) is 13.7. The van der Waals surface area contributed by atoms with Crippen molar-refractivity contribution in [3.8, 4) is 0 Å². The van der Waals surface area contributed by atoms with E-state index in [0.29, 0.717) is 12.0 Å². The van der Waals surface area contributed by atoms with E-state index in [1.54, 1.807) is 6.07 Å². The van der Waals surface area contributed by atoms with Crippen molar-refractivity contribution >= 4 is 18.3 Å². The minimum Gasteiger partial charge on any atom is -0.387 e. The molecule has 20 heavy (non-hydrogen) atoms. The van der Waals surface area contributed by atoms with Gasteiger partial charge in [-0.05, 0) is 37.1 Å². The Hall–Kier alpha value is -1.17. The van der Waals surface area contributed by atoms with Gasteiger partial charge in [0.2, 0.25) is 5.91 Å². The average molecular weight is 303 g/mol. The number of hydrogen-bond acceptors (Lipinski definition) is 3. The number of carbonyl (C=O) groups is 1. The van der Waals surface area contributed by atoms with Crippen LogP contribution in [0, 0.1) is 5.82 Å². The molecule has 1 aromatic carbocycles. The summed E-state index contributed by atoms with van der Waals surface area (Å²) in [5.41, 5.74) is 0.472. The second-order valence-electron chi connectivity index (χ2n) is 4.87. The van der Waals surface area contributed by atoms with Crippen LogP contribution < -0.4 is 10.6 Å². The van der Waals surface area contributed by atoms with Gasteiger partial charge in [0.05, 0.1) is 6.10 Å². The Morgan fingerprint density at radius 2 is 2.35 bits per heavy atom. The monoisotopic (exact) mass is 302 g/mol. The van der Waals surface area contributed by atoms with Gasteiger partial charge in [0.25, 0.3) is 0 Å². The summed E-state index contributed by atoms with van der Waals surface area (Å²) in [6.45, 7) is 1.07. The molecular formula is C14H20ClFN2O2. The van der Waals surface area contributed by atoms with Crippen LogP contribution in [0.15, 0.2) is 24.3 Å². The third-order valence-corrected chi connectivity index (χ3v) is 3.32. The number of aliphatic hydroxyl groups is 1. The lowest BCUT2D eigenvalue weighted by Gasteiger charge is -2.14. The van der Waals surface area contributed by atoms with E-state index in [9.17, 15) is 14.3 Å². The first-order chi connectivity index (χ1) is 9.15. The third kappa shape index (κ3) is 5.07. The average Bonchev–Trinajstić information content (AvgIpc) is 2.88. The lowest BCUT2D eigenvalue weighted by atomic mass is 10.1. The highest BCUT2D eigenvalue weighted by molar-refractivity contribution is 5.85. The van der Waals surface area contributed by atoms with Gasteiger partial charge in [0.1, 0.15) is 5.82 Å². The van der Waals surface area contributed by atoms with Crippen LogP contribution in [0.25, 0.3) is 0 Å². The van der Waals surface area contributed by atoms with E-state index in [1.807, 2.05) is 0 Å². The number of rotatable bonds is 5. The summed E-state index contributed by atoms with van der Waals surface area (Å²) in [6, 6.07) is 6.01. The Morgan fingerprint density at radius 1 is 1.55 bits per heavy atom. The van der Waals surface area contributed by atoms with E-state index >= 15 is 0 Å². The van der Waals surface area contributed by atoms with E-state index in [1.165, 1.54) is 18.2 Å². The summed E-state index contributed by atoms with van der Waals surface area (Å²) in [5.74, 6) is -0.479. The largest absolute Gasteiger partial charge is 0.387 e. The number of benzene rings is 1. The molecular weight excluding hydrogens is 283 g/mol. The highest BCUT2D eigenvalue weighted by Crippen LogP contribution is 2.13. The Bertz CT molecular complexity index is 439. The van der Waals surface area contributed by atoms with Crippen LogP contribution in [-0.2, 0) is 4.79 Å². The first kappa shape index (κ1) is 16.9. The van der Waals surface area contributed by atoms with E-state index < -0.39 is 11.9 Å². The van der Waals surface area contributed by atoms with Gasteiger partial charge in [-0.15, -0.1) is 12.4 Å². The molecule has 0 aromatic heterocycles. The SMILES string of the molecule is Cl.O=C(CC1CCCN1)NCC(O)c1cccc(F)c1. The number of nitrogens with one attached hydrogen (secondary N) is 2. The van der Waals surface area contributed by atoms with Gasteiger partial charge in [0, 0.05) is 19.0 Å². The summed E-state index contributed by atoms with van der Waals surface area (Å²) in [7, 11) is 0. The highest BCUT2D eigenvalue weighted by atomic mass is 35.5. The van der Waals surface area contributed by atoms with Crippen LogP contribution in [0.5, 0.6) is 0 Å². The second-order valence-corrected chi connectivity index (χ2v) is 4.87. The van der Waals surface area contributed by atoms with Gasteiger partial charge < -0.3 is 15.7 Å². The second kappa shape index (κ2) is 8.19. The highest BCUT2D eigenvalue weighted by Gasteiger charge is 2.18. The predicted molar refractivity (Wildman–Crippen MR) is 77.3 cm³/mol. The fourth-order valence-electron chi connectivity index (χ4n) is 2.27. The molecule has 112 valence electrons. The van der Waals surface area contributed by atoms with Gasteiger partial charge in [0.15, 0.2) is 0 Å². The minimum atomic E-state index is -0.879. The number of hydrogen-bond donors (Lipinski definition) is 3. The molecule has 1 aliphatic heterocycles. The van der Waals surface area contributed by atoms with Crippen LogP contribution in [0.2, 0.25) is 0 Å². The first-order valence-corrected chi connectivity index (χ1v) is 6.59. The predicted octanol–water partition coefficient (Wildman–Crippen LogP) is 1.54. The molecule has 0 bridgehead atoms. The van der Waals surface area contributed by atoms with Crippen LogP contribution in [0.1, 0.15) is 30.9 Å². The van der Waals surface area contributed by atoms with Crippen molar-refractivity contribution in [1.29, 1.82) is 0 Å². The molecule has 0 radical (unpaired) electrons. The standard InChI is InChI=1S/C14H19FN2O2.ClH/c15-11-4-1-3-10(7-11)13(18)9-17-14(19)8-12-5-2-6-16-12;/h1,3-4,7,12-13,16,18H,2,5-6,8-9H2,(H,17,19);1H. The van der Waals surface area contributed by atoms with Crippen LogP contribution in [0.3, 0.4) is 0 Å². The Kier molecular flexibility index (Phi) is 6.91. The number of carbonyl (C=O) groups excluding carboxylic acids is 1. The van der Waals surface area contributed by atoms with Crippen molar-refractivity contribution in [2.24, 2.45) is 0 Å². The first-order valence-electron chi connectivity index (χ1n) is 6.59. The van der Waals surface area contributed by atoms with Crippen molar-refractivity contribution in [2.75, 3.05) is 13.1 Å². The van der Waals surface area contributed by atoms with E-state index in [4.69, 9.17) is 0 Å². The van der Waals surface area contributed by atoms with E-state index in [-0.39, 0.29) is 30.9 Å². The lowest BCUT2D eigenvalue weighted by Crippen LogP contribution is -2.34. The molecule has 0 spiro atoms. The summed E-state index contributed by atoms with van der Waals surface area (Å²) in [5, 5.41) is 15.8. The van der Waals surface area contributed by atoms with Crippen molar-refractivity contribution in [2.45, 2.75) is 31.4 Å². The van der Waals surface area contributed by atoms with Crippen molar-refractivity contribution in [3.63, 3.8) is 0 Å². The van der Waals surface area contributed by atoms with Crippen LogP contribution in [-0.4, -0.2) is 30.1 Å². The minimum absolute atomic E-state index is 0. The molecule has 1 fully saturated rings. The normalized spacial score (nSPS) is 19.2. The molecule has 2 unspecified atom stereocenters. The zero-order valence-electron chi connectivity index (χ0n) is 11.1. The van der Waals surface area contributed by atoms with E-state index in [0.717, 1.165) is 19.4 Å². The van der Waals surface area contributed by atoms with Crippen LogP contribution >= 0.6 is 12.4 Å². The molecule has 1 aliphatic rings. The quantitative estimate of drug-likeness (QED) is 0.773. The molecule has 1 heterocycles. The van der Waals surface area contributed by atoms with E-state index in [2.05, 4.69) is 10.6 Å². The van der Waals surface area contributed by atoms with Gasteiger partial charge >= 0.3 is 0 Å². The Labute approximate surface area is 124 Å². The number of aliphatic hydroxyl groups excluding tert-OH is 1. The molecule has 4 nitrogen and oxygen atoms in total. The molecule has 1 saturated heterocycles. The maximum absolute atomic E-state index is 13.0. The summed E-state index contributed by atoms with van der Waals surface area (Å²) in [4.78, 5) is 11.7. The fraction of sp³-hybridized carbons (Fsp3) is 0.500. The molecule has 1 amide bonds. The zero-order valence-corrected chi connectivity index (χ0v) is 12.0. The molecule has 6 heteroatoms. The van der Waals surface area contributed by atoms with Crippen LogP contribution in [0.4, 0.5) is 4.39 Å². The van der Waals surface area contributed by atoms with Gasteiger partial charge in [-0.25, -0.2) is 4.39 Å². The van der Waals surface area contributed by atoms with Crippen molar-refractivity contribution in [3.05, 3.63) is 35.6 Å². The maximum atomic E-state index is 13.0. The van der Waals surface area contributed by atoms with Gasteiger partial charge in [-0.1, -0.05) is 12.1 Å². The molecule has 0 aliphatic carbocycles. The summed E-state index contributed by atoms with van der Waals surface area (Å²) >= 11 is 0. The molecule has 2 atom stereocenters. The third-order valence-electron chi connectivity index (χ3n) is 3.32. The maximum Gasteiger partial charge on any atom is 0.221 e. The fourth-order valence-corrected chi connectivity index (χ4v) is 2.27. The van der Waals surface area contributed by atoms with Gasteiger partial charge in [-0.3, -0.25) is 4.79 Å². The topological polar surface area (TPSA) is 61.4 Å². The molecule has 1 aromatic rings. The molecule has 3 N–H and O–H groups in total. The lowest BCUT2D eigenvalue weighted by molar-refractivity contribution is -0.122. The summed E-state index contributed by atoms with van der Waals surface area (Å²) < 4.78 is 13.0. The van der Waals surface area contributed by atoms with Gasteiger partial charge in [-0.2, -0.15) is 0 Å². The van der Waals surface area contributed by atoms with Crippen molar-refractivity contribution < 1.29 is 14.3 Å². The number of amides is 1. The summed E-state index contributed by atoms with van der Waals surface area (Å²) in [6.07, 6.45) is 1.66. The Morgan fingerprint density at radius 3 is 3.00 bits per heavy atom. The van der Waals surface area contributed by atoms with Crippen molar-refractivity contribution in [1.82, 2.24) is 10.6 Å².